The topological polar surface area (TPSA) is 80.2 Å². The number of anilines is 1. The molecule has 0 unspecified atom stereocenters. The fourth-order valence-corrected chi connectivity index (χ4v) is 3.43. The van der Waals surface area contributed by atoms with Crippen molar-refractivity contribution in [2.75, 3.05) is 25.7 Å². The van der Waals surface area contributed by atoms with Crippen molar-refractivity contribution in [2.45, 2.75) is 0 Å². The van der Waals surface area contributed by atoms with Gasteiger partial charge in [0, 0.05) is 16.5 Å². The first-order chi connectivity index (χ1) is 14.1. The van der Waals surface area contributed by atoms with Crippen LogP contribution in [0.2, 0.25) is 0 Å². The fourth-order valence-electron chi connectivity index (χ4n) is 3.43. The molecule has 0 saturated heterocycles. The molecule has 3 aromatic rings. The maximum Gasteiger partial charge on any atom is 0.260 e. The highest BCUT2D eigenvalue weighted by Gasteiger charge is 2.30. The number of rotatable bonds is 6. The maximum absolute atomic E-state index is 12.7. The van der Waals surface area contributed by atoms with Crippen LogP contribution in [0.25, 0.3) is 10.8 Å². The van der Waals surface area contributed by atoms with Crippen LogP contribution in [0.15, 0.2) is 59.7 Å². The molecule has 29 heavy (non-hydrogen) atoms. The first-order valence-electron chi connectivity index (χ1n) is 9.00. The SMILES string of the molecule is COc1ccc(OC)c(/C=N/NC(=O)CN2C(=O)c3cccc4cccc2c34)c1. The normalized spacial score (nSPS) is 12.6. The molecule has 0 saturated carbocycles. The van der Waals surface area contributed by atoms with Crippen molar-refractivity contribution in [2.24, 2.45) is 5.10 Å². The van der Waals surface area contributed by atoms with Gasteiger partial charge in [-0.3, -0.25) is 14.5 Å². The van der Waals surface area contributed by atoms with E-state index in [1.807, 2.05) is 30.3 Å². The number of ether oxygens (including phenoxy) is 2. The number of methoxy groups -OCH3 is 2. The third kappa shape index (κ3) is 3.38. The van der Waals surface area contributed by atoms with Gasteiger partial charge in [-0.25, -0.2) is 5.43 Å². The van der Waals surface area contributed by atoms with Crippen molar-refractivity contribution >= 4 is 34.5 Å². The van der Waals surface area contributed by atoms with Gasteiger partial charge in [-0.15, -0.1) is 0 Å². The Morgan fingerprint density at radius 2 is 1.90 bits per heavy atom. The van der Waals surface area contributed by atoms with E-state index in [2.05, 4.69) is 10.5 Å². The second-order valence-corrected chi connectivity index (χ2v) is 6.47. The molecule has 0 aliphatic carbocycles. The highest BCUT2D eigenvalue weighted by molar-refractivity contribution is 6.26. The minimum atomic E-state index is -0.402. The molecule has 0 spiro atoms. The second-order valence-electron chi connectivity index (χ2n) is 6.47. The molecule has 0 atom stereocenters. The van der Waals surface area contributed by atoms with Crippen LogP contribution in [0, 0.1) is 0 Å². The van der Waals surface area contributed by atoms with Crippen LogP contribution in [0.5, 0.6) is 11.5 Å². The summed E-state index contributed by atoms with van der Waals surface area (Å²) >= 11 is 0. The van der Waals surface area contributed by atoms with E-state index in [0.717, 1.165) is 16.5 Å². The summed E-state index contributed by atoms with van der Waals surface area (Å²) in [6.45, 7) is -0.126. The standard InChI is InChI=1S/C22H19N3O4/c1-28-16-9-10-19(29-2)15(11-16)12-23-24-20(26)13-25-18-8-4-6-14-5-3-7-17(21(14)18)22(25)27/h3-12H,13H2,1-2H3,(H,24,26)/b23-12+. The smallest absolute Gasteiger partial charge is 0.260 e. The zero-order chi connectivity index (χ0) is 20.4. The van der Waals surface area contributed by atoms with Gasteiger partial charge in [0.15, 0.2) is 0 Å². The van der Waals surface area contributed by atoms with Crippen molar-refractivity contribution in [1.82, 2.24) is 5.43 Å². The van der Waals surface area contributed by atoms with E-state index in [0.29, 0.717) is 22.6 Å². The molecule has 2 amide bonds. The fraction of sp³-hybridized carbons (Fsp3) is 0.136. The van der Waals surface area contributed by atoms with Crippen LogP contribution in [0.4, 0.5) is 5.69 Å². The van der Waals surface area contributed by atoms with E-state index < -0.39 is 5.91 Å². The van der Waals surface area contributed by atoms with Gasteiger partial charge in [-0.2, -0.15) is 5.10 Å². The quantitative estimate of drug-likeness (QED) is 0.519. The van der Waals surface area contributed by atoms with Crippen LogP contribution in [-0.2, 0) is 4.79 Å². The number of nitrogens with one attached hydrogen (secondary N) is 1. The monoisotopic (exact) mass is 389 g/mol. The summed E-state index contributed by atoms with van der Waals surface area (Å²) in [6.07, 6.45) is 1.47. The molecule has 0 fully saturated rings. The van der Waals surface area contributed by atoms with Crippen molar-refractivity contribution in [3.8, 4) is 11.5 Å². The Balaban J connectivity index is 1.48. The van der Waals surface area contributed by atoms with Gasteiger partial charge < -0.3 is 9.47 Å². The van der Waals surface area contributed by atoms with Crippen LogP contribution < -0.4 is 19.8 Å². The van der Waals surface area contributed by atoms with Crippen LogP contribution in [-0.4, -0.2) is 38.8 Å². The van der Waals surface area contributed by atoms with Crippen LogP contribution >= 0.6 is 0 Å². The van der Waals surface area contributed by atoms with Crippen molar-refractivity contribution in [3.63, 3.8) is 0 Å². The third-order valence-electron chi connectivity index (χ3n) is 4.78. The van der Waals surface area contributed by atoms with Crippen molar-refractivity contribution in [3.05, 3.63) is 65.7 Å². The number of hydrazone groups is 1. The molecular formula is C22H19N3O4. The summed E-state index contributed by atoms with van der Waals surface area (Å²) in [5.74, 6) is 0.652. The minimum absolute atomic E-state index is 0.126. The molecule has 1 aliphatic rings. The molecular weight excluding hydrogens is 370 g/mol. The lowest BCUT2D eigenvalue weighted by Gasteiger charge is -2.16. The third-order valence-corrected chi connectivity index (χ3v) is 4.78. The lowest BCUT2D eigenvalue weighted by Crippen LogP contribution is -2.37. The van der Waals surface area contributed by atoms with Gasteiger partial charge in [0.1, 0.15) is 18.0 Å². The van der Waals surface area contributed by atoms with Gasteiger partial charge in [0.25, 0.3) is 11.8 Å². The lowest BCUT2D eigenvalue weighted by molar-refractivity contribution is -0.119. The largest absolute Gasteiger partial charge is 0.497 e. The van der Waals surface area contributed by atoms with Crippen LogP contribution in [0.3, 0.4) is 0 Å². The van der Waals surface area contributed by atoms with E-state index >= 15 is 0 Å². The Hall–Kier alpha value is -3.87. The summed E-state index contributed by atoms with van der Waals surface area (Å²) in [4.78, 5) is 26.6. The molecule has 0 aromatic heterocycles. The zero-order valence-corrected chi connectivity index (χ0v) is 16.0. The molecule has 7 heteroatoms. The highest BCUT2D eigenvalue weighted by atomic mass is 16.5. The molecule has 1 aliphatic heterocycles. The minimum Gasteiger partial charge on any atom is -0.497 e. The number of carbonyl (C=O) groups is 2. The van der Waals surface area contributed by atoms with E-state index in [1.54, 1.807) is 38.5 Å². The number of hydrogen-bond acceptors (Lipinski definition) is 5. The summed E-state index contributed by atoms with van der Waals surface area (Å²) in [7, 11) is 3.12. The summed E-state index contributed by atoms with van der Waals surface area (Å²) in [6, 6.07) is 16.5. The van der Waals surface area contributed by atoms with Gasteiger partial charge in [0.05, 0.1) is 26.1 Å². The predicted octanol–water partition coefficient (Wildman–Crippen LogP) is 2.97. The van der Waals surface area contributed by atoms with Crippen LogP contribution in [0.1, 0.15) is 15.9 Å². The van der Waals surface area contributed by atoms with E-state index in [4.69, 9.17) is 9.47 Å². The Morgan fingerprint density at radius 1 is 1.10 bits per heavy atom. The first kappa shape index (κ1) is 18.5. The summed E-state index contributed by atoms with van der Waals surface area (Å²) in [5.41, 5.74) is 4.46. The van der Waals surface area contributed by atoms with Gasteiger partial charge >= 0.3 is 0 Å². The Labute approximate surface area is 167 Å². The van der Waals surface area contributed by atoms with Gasteiger partial charge in [-0.05, 0) is 35.7 Å². The average Bonchev–Trinajstić information content (AvgIpc) is 3.01. The maximum atomic E-state index is 12.7. The highest BCUT2D eigenvalue weighted by Crippen LogP contribution is 2.36. The Kier molecular flexibility index (Phi) is 4.87. The lowest BCUT2D eigenvalue weighted by atomic mass is 10.1. The zero-order valence-electron chi connectivity index (χ0n) is 16.0. The van der Waals surface area contributed by atoms with Gasteiger partial charge in [0.2, 0.25) is 0 Å². The van der Waals surface area contributed by atoms with E-state index in [1.165, 1.54) is 11.1 Å². The average molecular weight is 389 g/mol. The molecule has 1 N–H and O–H groups in total. The van der Waals surface area contributed by atoms with Crippen molar-refractivity contribution in [1.29, 1.82) is 0 Å². The number of hydrogen-bond donors (Lipinski definition) is 1. The van der Waals surface area contributed by atoms with Gasteiger partial charge in [-0.1, -0.05) is 24.3 Å². The molecule has 0 bridgehead atoms. The summed E-state index contributed by atoms with van der Waals surface area (Å²) in [5, 5.41) is 5.84. The predicted molar refractivity (Wildman–Crippen MR) is 111 cm³/mol. The molecule has 1 heterocycles. The molecule has 7 nitrogen and oxygen atoms in total. The number of amides is 2. The number of carbonyl (C=O) groups excluding carboxylic acids is 2. The number of benzene rings is 3. The molecule has 146 valence electrons. The van der Waals surface area contributed by atoms with E-state index in [-0.39, 0.29) is 12.5 Å². The number of nitrogens with zero attached hydrogens (tertiary/aromatic N) is 2. The molecule has 3 aromatic carbocycles. The summed E-state index contributed by atoms with van der Waals surface area (Å²) < 4.78 is 10.5. The van der Waals surface area contributed by atoms with E-state index in [9.17, 15) is 9.59 Å². The van der Waals surface area contributed by atoms with Crippen molar-refractivity contribution < 1.29 is 19.1 Å². The Bertz CT molecular complexity index is 1130. The Morgan fingerprint density at radius 3 is 2.66 bits per heavy atom. The second kappa shape index (κ2) is 7.63. The molecule has 4 rings (SSSR count). The molecule has 0 radical (unpaired) electrons. The first-order valence-corrected chi connectivity index (χ1v) is 9.00.